The summed E-state index contributed by atoms with van der Waals surface area (Å²) < 4.78 is 33.5. The highest BCUT2D eigenvalue weighted by Gasteiger charge is 2.47. The van der Waals surface area contributed by atoms with Crippen LogP contribution < -0.4 is 0 Å². The van der Waals surface area contributed by atoms with Crippen LogP contribution in [0.5, 0.6) is 0 Å². The molecule has 2 aliphatic heterocycles. The minimum Gasteiger partial charge on any atom is -0.462 e. The summed E-state index contributed by atoms with van der Waals surface area (Å²) in [7, 11) is 0. The van der Waals surface area contributed by atoms with Crippen LogP contribution in [0, 0.1) is 0 Å². The normalized spacial score (nSPS) is 26.2. The van der Waals surface area contributed by atoms with Gasteiger partial charge in [0, 0.05) is 12.8 Å². The monoisotopic (exact) mass is 979 g/mol. The topological polar surface area (TPSA) is 231 Å². The number of unbranched alkanes of at least 4 members (excludes halogenated alkanes) is 13. The van der Waals surface area contributed by atoms with Crippen LogP contribution in [0.4, 0.5) is 0 Å². The van der Waals surface area contributed by atoms with Crippen LogP contribution in [-0.4, -0.2) is 142 Å². The predicted octanol–water partition coefficient (Wildman–Crippen LogP) is 7.43. The van der Waals surface area contributed by atoms with Crippen LogP contribution in [0.3, 0.4) is 0 Å². The number of hydrogen-bond acceptors (Lipinski definition) is 15. The number of carbonyl (C=O) groups excluding carboxylic acids is 2. The van der Waals surface area contributed by atoms with Gasteiger partial charge < -0.3 is 64.2 Å². The quantitative estimate of drug-likeness (QED) is 0.0180. The van der Waals surface area contributed by atoms with Gasteiger partial charge in [0.05, 0.1) is 19.8 Å². The van der Waals surface area contributed by atoms with Gasteiger partial charge >= 0.3 is 11.9 Å². The van der Waals surface area contributed by atoms with Gasteiger partial charge in [-0.3, -0.25) is 9.59 Å². The Bertz CT molecular complexity index is 1480. The molecule has 0 aromatic rings. The van der Waals surface area contributed by atoms with Gasteiger partial charge in [-0.1, -0.05) is 170 Å². The highest BCUT2D eigenvalue weighted by molar-refractivity contribution is 5.70. The van der Waals surface area contributed by atoms with Crippen molar-refractivity contribution < 1.29 is 73.8 Å². The van der Waals surface area contributed by atoms with Crippen molar-refractivity contribution in [2.45, 2.75) is 229 Å². The van der Waals surface area contributed by atoms with Crippen LogP contribution >= 0.6 is 0 Å². The summed E-state index contributed by atoms with van der Waals surface area (Å²) in [5.74, 6) is -1.02. The van der Waals surface area contributed by atoms with Gasteiger partial charge in [-0.05, 0) is 51.4 Å². The average molecular weight is 979 g/mol. The van der Waals surface area contributed by atoms with E-state index < -0.39 is 99.3 Å². The van der Waals surface area contributed by atoms with Crippen molar-refractivity contribution in [3.05, 3.63) is 72.9 Å². The second kappa shape index (κ2) is 40.5. The molecule has 0 aromatic heterocycles. The van der Waals surface area contributed by atoms with Gasteiger partial charge in [-0.2, -0.15) is 0 Å². The highest BCUT2D eigenvalue weighted by Crippen LogP contribution is 2.26. The van der Waals surface area contributed by atoms with E-state index in [0.29, 0.717) is 19.3 Å². The molecule has 2 heterocycles. The van der Waals surface area contributed by atoms with Crippen molar-refractivity contribution in [2.24, 2.45) is 0 Å². The molecule has 0 radical (unpaired) electrons. The zero-order chi connectivity index (χ0) is 50.3. The molecule has 396 valence electrons. The molecule has 2 saturated heterocycles. The third-order valence-electron chi connectivity index (χ3n) is 12.0. The van der Waals surface area contributed by atoms with Gasteiger partial charge in [0.2, 0.25) is 0 Å². The van der Waals surface area contributed by atoms with E-state index in [1.165, 1.54) is 64.2 Å². The fourth-order valence-electron chi connectivity index (χ4n) is 7.71. The molecule has 2 fully saturated rings. The molecule has 0 spiro atoms. The predicted molar refractivity (Wildman–Crippen MR) is 266 cm³/mol. The maximum absolute atomic E-state index is 13.0. The molecule has 2 rings (SSSR count). The lowest BCUT2D eigenvalue weighted by Gasteiger charge is -2.42. The van der Waals surface area contributed by atoms with Crippen molar-refractivity contribution in [2.75, 3.05) is 26.4 Å². The van der Waals surface area contributed by atoms with E-state index in [4.69, 9.17) is 28.4 Å². The van der Waals surface area contributed by atoms with E-state index in [1.54, 1.807) is 0 Å². The summed E-state index contributed by atoms with van der Waals surface area (Å²) in [6.45, 7) is 2.39. The van der Waals surface area contributed by atoms with Crippen molar-refractivity contribution in [3.8, 4) is 0 Å². The van der Waals surface area contributed by atoms with Crippen molar-refractivity contribution in [1.82, 2.24) is 0 Å². The molecule has 0 aromatic carbocycles. The SMILES string of the molecule is CC/C=C/C/C=C/C/C=C/C/C=C/C/C=C/C/C=C/CCC(=O)O[C@H](COC(=O)CCCCCCCCCCCCCCCC)CO[C@H]1O[C@@H](CO[C@H]2O[C@@H](CO)[C@@H](O)C(O)C2O)[C@@H](O)C(O)C1O. The highest BCUT2D eigenvalue weighted by atomic mass is 16.7. The Morgan fingerprint density at radius 3 is 1.41 bits per heavy atom. The van der Waals surface area contributed by atoms with E-state index in [0.717, 1.165) is 51.4 Å². The summed E-state index contributed by atoms with van der Waals surface area (Å²) in [5.41, 5.74) is 0. The van der Waals surface area contributed by atoms with E-state index in [-0.39, 0.29) is 19.4 Å². The van der Waals surface area contributed by atoms with E-state index >= 15 is 0 Å². The van der Waals surface area contributed by atoms with Gasteiger partial charge in [0.25, 0.3) is 0 Å². The molecule has 15 nitrogen and oxygen atoms in total. The molecular formula is C54H90O15. The number of allylic oxidation sites excluding steroid dienone is 12. The second-order valence-electron chi connectivity index (χ2n) is 18.0. The van der Waals surface area contributed by atoms with Crippen LogP contribution in [0.1, 0.15) is 162 Å². The van der Waals surface area contributed by atoms with Crippen LogP contribution in [-0.2, 0) is 38.0 Å². The Morgan fingerprint density at radius 2 is 0.913 bits per heavy atom. The molecule has 0 aliphatic carbocycles. The molecule has 7 N–H and O–H groups in total. The molecule has 2 aliphatic rings. The minimum absolute atomic E-state index is 0.0382. The van der Waals surface area contributed by atoms with Crippen LogP contribution in [0.25, 0.3) is 0 Å². The number of carbonyl (C=O) groups is 2. The van der Waals surface area contributed by atoms with Crippen molar-refractivity contribution in [1.29, 1.82) is 0 Å². The number of ether oxygens (including phenoxy) is 6. The third-order valence-corrected chi connectivity index (χ3v) is 12.0. The first-order valence-electron chi connectivity index (χ1n) is 26.0. The Labute approximate surface area is 412 Å². The van der Waals surface area contributed by atoms with Crippen molar-refractivity contribution in [3.63, 3.8) is 0 Å². The lowest BCUT2D eigenvalue weighted by Crippen LogP contribution is -2.61. The van der Waals surface area contributed by atoms with E-state index in [2.05, 4.69) is 74.6 Å². The maximum atomic E-state index is 13.0. The summed E-state index contributed by atoms with van der Waals surface area (Å²) in [6, 6.07) is 0. The Morgan fingerprint density at radius 1 is 0.478 bits per heavy atom. The van der Waals surface area contributed by atoms with Crippen molar-refractivity contribution >= 4 is 11.9 Å². The second-order valence-corrected chi connectivity index (χ2v) is 18.0. The van der Waals surface area contributed by atoms with Crippen LogP contribution in [0.15, 0.2) is 72.9 Å². The summed E-state index contributed by atoms with van der Waals surface area (Å²) in [6.07, 6.45) is 30.8. The molecule has 69 heavy (non-hydrogen) atoms. The summed E-state index contributed by atoms with van der Waals surface area (Å²) in [4.78, 5) is 25.7. The zero-order valence-corrected chi connectivity index (χ0v) is 41.8. The molecule has 11 atom stereocenters. The lowest BCUT2D eigenvalue weighted by molar-refractivity contribution is -0.332. The largest absolute Gasteiger partial charge is 0.462 e. The standard InChI is InChI=1S/C54H90O15/c1-3-5-7-9-11-13-15-17-19-20-21-22-23-25-27-29-31-33-35-37-46(57)67-42(39-64-45(56)36-34-32-30-28-26-24-18-16-14-12-10-8-6-4-2)40-65-53-52(63)50(61)48(59)44(69-53)41-66-54-51(62)49(60)47(58)43(38-55)68-54/h5,7,11,13,17,19,21-22,25,27,31,33,42-44,47-55,58-63H,3-4,6,8-10,12,14-16,18,20,23-24,26,28-30,32,34-41H2,1-2H3/b7-5+,13-11+,19-17+,22-21+,27-25+,33-31+/t42-,43+,44+,47-,48-,49?,50?,51?,52?,53+,54+/m1/s1. The molecule has 15 heteroatoms. The number of rotatable bonds is 39. The molecule has 0 saturated carbocycles. The first-order valence-corrected chi connectivity index (χ1v) is 26.0. The number of aliphatic hydroxyl groups excluding tert-OH is 7. The fraction of sp³-hybridized carbons (Fsp3) is 0.741. The third kappa shape index (κ3) is 28.5. The smallest absolute Gasteiger partial charge is 0.306 e. The Kier molecular flexibility index (Phi) is 36.4. The Balaban J connectivity index is 1.84. The average Bonchev–Trinajstić information content (AvgIpc) is 3.34. The number of esters is 2. The van der Waals surface area contributed by atoms with Gasteiger partial charge in [-0.25, -0.2) is 0 Å². The first-order chi connectivity index (χ1) is 33.5. The molecule has 0 amide bonds. The summed E-state index contributed by atoms with van der Waals surface area (Å²) >= 11 is 0. The maximum Gasteiger partial charge on any atom is 0.306 e. The van der Waals surface area contributed by atoms with Gasteiger partial charge in [-0.15, -0.1) is 0 Å². The molecular weight excluding hydrogens is 889 g/mol. The number of aliphatic hydroxyl groups is 7. The lowest BCUT2D eigenvalue weighted by atomic mass is 9.98. The van der Waals surface area contributed by atoms with Gasteiger partial charge in [0.15, 0.2) is 18.7 Å². The van der Waals surface area contributed by atoms with Gasteiger partial charge in [0.1, 0.15) is 55.4 Å². The summed E-state index contributed by atoms with van der Waals surface area (Å²) in [5, 5.41) is 72.1. The zero-order valence-electron chi connectivity index (χ0n) is 41.8. The molecule has 4 unspecified atom stereocenters. The van der Waals surface area contributed by atoms with E-state index in [1.807, 2.05) is 12.2 Å². The fourth-order valence-corrected chi connectivity index (χ4v) is 7.71. The first kappa shape index (κ1) is 62.1. The minimum atomic E-state index is -1.78. The number of hydrogen-bond donors (Lipinski definition) is 7. The molecule has 0 bridgehead atoms. The van der Waals surface area contributed by atoms with E-state index in [9.17, 15) is 45.3 Å². The Hall–Kier alpha value is -3.06. The van der Waals surface area contributed by atoms with Crippen LogP contribution in [0.2, 0.25) is 0 Å².